The first-order valence-electron chi connectivity index (χ1n) is 5.78. The molecule has 1 aromatic heterocycles. The van der Waals surface area contributed by atoms with E-state index in [-0.39, 0.29) is 11.3 Å². The second-order valence-electron chi connectivity index (χ2n) is 4.16. The van der Waals surface area contributed by atoms with Crippen molar-refractivity contribution in [1.29, 1.82) is 0 Å². The molecule has 19 heavy (non-hydrogen) atoms. The number of hydrogen-bond donors (Lipinski definition) is 3. The van der Waals surface area contributed by atoms with Gasteiger partial charge >= 0.3 is 0 Å². The summed E-state index contributed by atoms with van der Waals surface area (Å²) >= 11 is 0. The summed E-state index contributed by atoms with van der Waals surface area (Å²) in [6, 6.07) is 6.12. The highest BCUT2D eigenvalue weighted by atomic mass is 16.3. The zero-order valence-corrected chi connectivity index (χ0v) is 10.4. The molecule has 0 saturated heterocycles. The minimum Gasteiger partial charge on any atom is -0.504 e. The third-order valence-corrected chi connectivity index (χ3v) is 2.85. The van der Waals surface area contributed by atoms with Crippen molar-refractivity contribution >= 4 is 5.91 Å². The maximum atomic E-state index is 11.9. The first kappa shape index (κ1) is 12.9. The summed E-state index contributed by atoms with van der Waals surface area (Å²) in [4.78, 5) is 15.9. The Morgan fingerprint density at radius 2 is 2.11 bits per heavy atom. The van der Waals surface area contributed by atoms with Crippen LogP contribution < -0.4 is 5.32 Å². The van der Waals surface area contributed by atoms with E-state index >= 15 is 0 Å². The van der Waals surface area contributed by atoms with Gasteiger partial charge in [0, 0.05) is 18.9 Å². The number of carbonyl (C=O) groups excluding carboxylic acids is 1. The van der Waals surface area contributed by atoms with Gasteiger partial charge in [0.1, 0.15) is 0 Å². The van der Waals surface area contributed by atoms with E-state index in [4.69, 9.17) is 0 Å². The van der Waals surface area contributed by atoms with Gasteiger partial charge in [0.15, 0.2) is 11.5 Å². The van der Waals surface area contributed by atoms with Crippen LogP contribution in [0.15, 0.2) is 36.7 Å². The number of carbonyl (C=O) groups is 1. The van der Waals surface area contributed by atoms with Gasteiger partial charge in [-0.05, 0) is 36.2 Å². The van der Waals surface area contributed by atoms with E-state index in [2.05, 4.69) is 10.3 Å². The first-order valence-corrected chi connectivity index (χ1v) is 5.78. The van der Waals surface area contributed by atoms with Crippen molar-refractivity contribution in [1.82, 2.24) is 10.3 Å². The van der Waals surface area contributed by atoms with E-state index in [9.17, 15) is 15.0 Å². The van der Waals surface area contributed by atoms with Crippen LogP contribution in [-0.4, -0.2) is 21.1 Å². The molecule has 0 aliphatic heterocycles. The smallest absolute Gasteiger partial charge is 0.255 e. The Kier molecular flexibility index (Phi) is 3.66. The second kappa shape index (κ2) is 5.39. The molecule has 0 atom stereocenters. The molecule has 1 heterocycles. The number of aromatic nitrogens is 1. The summed E-state index contributed by atoms with van der Waals surface area (Å²) in [5.41, 5.74) is 1.97. The lowest BCUT2D eigenvalue weighted by Gasteiger charge is -2.09. The quantitative estimate of drug-likeness (QED) is 0.732. The van der Waals surface area contributed by atoms with Crippen LogP contribution in [0.1, 0.15) is 21.5 Å². The van der Waals surface area contributed by atoms with Crippen molar-refractivity contribution in [2.45, 2.75) is 13.5 Å². The SMILES string of the molecule is Cc1ccncc1CNC(=O)c1cccc(O)c1O. The van der Waals surface area contributed by atoms with Crippen LogP contribution in [0.2, 0.25) is 0 Å². The Morgan fingerprint density at radius 3 is 2.84 bits per heavy atom. The van der Waals surface area contributed by atoms with Crippen LogP contribution >= 0.6 is 0 Å². The van der Waals surface area contributed by atoms with E-state index < -0.39 is 11.7 Å². The van der Waals surface area contributed by atoms with Crippen LogP contribution in [0.5, 0.6) is 11.5 Å². The fraction of sp³-hybridized carbons (Fsp3) is 0.143. The maximum absolute atomic E-state index is 11.9. The van der Waals surface area contributed by atoms with Crippen molar-refractivity contribution in [3.63, 3.8) is 0 Å². The maximum Gasteiger partial charge on any atom is 0.255 e. The molecular weight excluding hydrogens is 244 g/mol. The summed E-state index contributed by atoms with van der Waals surface area (Å²) in [7, 11) is 0. The monoisotopic (exact) mass is 258 g/mol. The number of nitrogens with one attached hydrogen (secondary N) is 1. The van der Waals surface area contributed by atoms with Gasteiger partial charge in [0.05, 0.1) is 5.56 Å². The van der Waals surface area contributed by atoms with Gasteiger partial charge in [0.25, 0.3) is 5.91 Å². The number of nitrogens with zero attached hydrogens (tertiary/aromatic N) is 1. The lowest BCUT2D eigenvalue weighted by atomic mass is 10.1. The molecule has 5 heteroatoms. The zero-order valence-electron chi connectivity index (χ0n) is 10.4. The van der Waals surface area contributed by atoms with Crippen LogP contribution in [-0.2, 0) is 6.54 Å². The predicted octanol–water partition coefficient (Wildman–Crippen LogP) is 1.73. The number of aryl methyl sites for hydroxylation is 1. The van der Waals surface area contributed by atoms with Gasteiger partial charge < -0.3 is 15.5 Å². The topological polar surface area (TPSA) is 82.5 Å². The second-order valence-corrected chi connectivity index (χ2v) is 4.16. The number of aromatic hydroxyl groups is 2. The molecule has 1 amide bonds. The lowest BCUT2D eigenvalue weighted by molar-refractivity contribution is 0.0947. The van der Waals surface area contributed by atoms with Crippen LogP contribution in [0, 0.1) is 6.92 Å². The van der Waals surface area contributed by atoms with Gasteiger partial charge in [-0.3, -0.25) is 9.78 Å². The Morgan fingerprint density at radius 1 is 1.32 bits per heavy atom. The molecule has 0 saturated carbocycles. The third kappa shape index (κ3) is 2.82. The molecule has 0 spiro atoms. The van der Waals surface area contributed by atoms with Crippen molar-refractivity contribution in [2.75, 3.05) is 0 Å². The summed E-state index contributed by atoms with van der Waals surface area (Å²) in [6.45, 7) is 2.24. The van der Waals surface area contributed by atoms with Gasteiger partial charge in [-0.25, -0.2) is 0 Å². The average Bonchev–Trinajstić information content (AvgIpc) is 2.40. The standard InChI is InChI=1S/C14H14N2O3/c1-9-5-6-15-7-10(9)8-16-14(19)11-3-2-4-12(17)13(11)18/h2-7,17-18H,8H2,1H3,(H,16,19). The molecule has 0 aliphatic rings. The molecular formula is C14H14N2O3. The molecule has 0 bridgehead atoms. The number of hydrogen-bond acceptors (Lipinski definition) is 4. The summed E-state index contributed by atoms with van der Waals surface area (Å²) in [5.74, 6) is -1.18. The van der Waals surface area contributed by atoms with E-state index in [1.54, 1.807) is 12.4 Å². The molecule has 3 N–H and O–H groups in total. The van der Waals surface area contributed by atoms with Crippen molar-refractivity contribution in [3.8, 4) is 11.5 Å². The summed E-state index contributed by atoms with van der Waals surface area (Å²) < 4.78 is 0. The molecule has 98 valence electrons. The Hall–Kier alpha value is -2.56. The van der Waals surface area contributed by atoms with Crippen LogP contribution in [0.4, 0.5) is 0 Å². The van der Waals surface area contributed by atoms with Crippen molar-refractivity contribution in [3.05, 3.63) is 53.3 Å². The van der Waals surface area contributed by atoms with E-state index in [0.717, 1.165) is 11.1 Å². The number of para-hydroxylation sites is 1. The normalized spacial score (nSPS) is 10.2. The molecule has 0 aliphatic carbocycles. The van der Waals surface area contributed by atoms with E-state index in [1.807, 2.05) is 13.0 Å². The number of phenols is 2. The van der Waals surface area contributed by atoms with Crippen molar-refractivity contribution in [2.24, 2.45) is 0 Å². The summed E-state index contributed by atoms with van der Waals surface area (Å²) in [5, 5.41) is 21.6. The number of pyridine rings is 1. The van der Waals surface area contributed by atoms with Gasteiger partial charge in [-0.2, -0.15) is 0 Å². The Balaban J connectivity index is 2.10. The molecule has 0 radical (unpaired) electrons. The van der Waals surface area contributed by atoms with E-state index in [1.165, 1.54) is 18.2 Å². The fourth-order valence-corrected chi connectivity index (χ4v) is 1.67. The average molecular weight is 258 g/mol. The lowest BCUT2D eigenvalue weighted by Crippen LogP contribution is -2.23. The highest BCUT2D eigenvalue weighted by molar-refractivity contribution is 5.97. The van der Waals surface area contributed by atoms with Crippen LogP contribution in [0.3, 0.4) is 0 Å². The van der Waals surface area contributed by atoms with Crippen LogP contribution in [0.25, 0.3) is 0 Å². The highest BCUT2D eigenvalue weighted by Gasteiger charge is 2.13. The number of phenolic OH excluding ortho intramolecular Hbond substituents is 2. The Labute approximate surface area is 110 Å². The minimum absolute atomic E-state index is 0.0431. The van der Waals surface area contributed by atoms with Gasteiger partial charge in [0.2, 0.25) is 0 Å². The van der Waals surface area contributed by atoms with E-state index in [0.29, 0.717) is 6.54 Å². The highest BCUT2D eigenvalue weighted by Crippen LogP contribution is 2.27. The zero-order chi connectivity index (χ0) is 13.8. The molecule has 1 aromatic carbocycles. The predicted molar refractivity (Wildman–Crippen MR) is 69.9 cm³/mol. The molecule has 2 aromatic rings. The van der Waals surface area contributed by atoms with Gasteiger partial charge in [-0.15, -0.1) is 0 Å². The fourth-order valence-electron chi connectivity index (χ4n) is 1.67. The first-order chi connectivity index (χ1) is 9.09. The van der Waals surface area contributed by atoms with Gasteiger partial charge in [-0.1, -0.05) is 6.07 Å². The molecule has 0 unspecified atom stereocenters. The molecule has 5 nitrogen and oxygen atoms in total. The summed E-state index contributed by atoms with van der Waals surface area (Å²) in [6.07, 6.45) is 3.36. The Bertz CT molecular complexity index is 611. The largest absolute Gasteiger partial charge is 0.504 e. The number of amides is 1. The third-order valence-electron chi connectivity index (χ3n) is 2.85. The number of rotatable bonds is 3. The number of benzene rings is 1. The minimum atomic E-state index is -0.448. The van der Waals surface area contributed by atoms with Crippen molar-refractivity contribution < 1.29 is 15.0 Å². The molecule has 0 fully saturated rings. The molecule has 2 rings (SSSR count).